The summed E-state index contributed by atoms with van der Waals surface area (Å²) >= 11 is 0. The van der Waals surface area contributed by atoms with Gasteiger partial charge in [0.1, 0.15) is 18.2 Å². The molecule has 1 saturated heterocycles. The molecule has 0 aromatic heterocycles. The second kappa shape index (κ2) is 8.82. The number of sulfonamides is 1. The van der Waals surface area contributed by atoms with E-state index in [0.717, 1.165) is 11.1 Å². The topological polar surface area (TPSA) is 49.9 Å². The van der Waals surface area contributed by atoms with Crippen LogP contribution in [0.2, 0.25) is 0 Å². The molecular formula is C20H25FN2O3S. The first-order valence-corrected chi connectivity index (χ1v) is 10.7. The minimum atomic E-state index is -3.30. The number of halogens is 1. The van der Waals surface area contributed by atoms with Gasteiger partial charge in [-0.15, -0.1) is 0 Å². The quantitative estimate of drug-likeness (QED) is 0.727. The molecule has 0 unspecified atom stereocenters. The van der Waals surface area contributed by atoms with E-state index >= 15 is 0 Å². The fraction of sp³-hybridized carbons (Fsp3) is 0.400. The summed E-state index contributed by atoms with van der Waals surface area (Å²) < 4.78 is 45.4. The van der Waals surface area contributed by atoms with Gasteiger partial charge < -0.3 is 4.74 Å². The van der Waals surface area contributed by atoms with Crippen LogP contribution in [-0.4, -0.2) is 57.0 Å². The molecule has 2 aromatic rings. The predicted octanol–water partition coefficient (Wildman–Crippen LogP) is 2.66. The third-order valence-corrected chi connectivity index (χ3v) is 6.50. The van der Waals surface area contributed by atoms with Crippen LogP contribution < -0.4 is 4.74 Å². The van der Waals surface area contributed by atoms with Crippen LogP contribution in [-0.2, 0) is 15.8 Å². The van der Waals surface area contributed by atoms with Gasteiger partial charge in [-0.05, 0) is 36.8 Å². The SMILES string of the molecule is Cc1cccc(CS(=O)(=O)N2CCN(CCOc3ccc(F)cc3)CC2)c1. The smallest absolute Gasteiger partial charge is 0.218 e. The van der Waals surface area contributed by atoms with Crippen LogP contribution in [0.4, 0.5) is 4.39 Å². The van der Waals surface area contributed by atoms with Gasteiger partial charge in [0.05, 0.1) is 5.75 Å². The highest BCUT2D eigenvalue weighted by molar-refractivity contribution is 7.88. The largest absolute Gasteiger partial charge is 0.492 e. The van der Waals surface area contributed by atoms with Gasteiger partial charge in [0.15, 0.2) is 0 Å². The molecule has 27 heavy (non-hydrogen) atoms. The number of hydrogen-bond donors (Lipinski definition) is 0. The van der Waals surface area contributed by atoms with E-state index in [9.17, 15) is 12.8 Å². The molecule has 0 bridgehead atoms. The Kier molecular flexibility index (Phi) is 6.46. The number of hydrogen-bond acceptors (Lipinski definition) is 4. The Labute approximate surface area is 160 Å². The van der Waals surface area contributed by atoms with E-state index in [1.54, 1.807) is 16.4 Å². The minimum absolute atomic E-state index is 0.0440. The van der Waals surface area contributed by atoms with Crippen molar-refractivity contribution in [3.8, 4) is 5.75 Å². The molecule has 7 heteroatoms. The molecular weight excluding hydrogens is 367 g/mol. The molecule has 1 heterocycles. The van der Waals surface area contributed by atoms with Crippen molar-refractivity contribution in [1.82, 2.24) is 9.21 Å². The summed E-state index contributed by atoms with van der Waals surface area (Å²) in [6.07, 6.45) is 0. The Morgan fingerprint density at radius 1 is 1.04 bits per heavy atom. The van der Waals surface area contributed by atoms with Crippen LogP contribution >= 0.6 is 0 Å². The first kappa shape index (κ1) is 19.8. The fourth-order valence-electron chi connectivity index (χ4n) is 3.16. The lowest BCUT2D eigenvalue weighted by atomic mass is 10.2. The van der Waals surface area contributed by atoms with Gasteiger partial charge in [-0.25, -0.2) is 12.8 Å². The molecule has 0 spiro atoms. The molecule has 0 radical (unpaired) electrons. The van der Waals surface area contributed by atoms with Crippen molar-refractivity contribution in [3.05, 3.63) is 65.5 Å². The van der Waals surface area contributed by atoms with E-state index in [1.807, 2.05) is 31.2 Å². The molecule has 0 aliphatic carbocycles. The van der Waals surface area contributed by atoms with Crippen molar-refractivity contribution in [2.45, 2.75) is 12.7 Å². The zero-order valence-corrected chi connectivity index (χ0v) is 16.3. The second-order valence-electron chi connectivity index (χ2n) is 6.79. The van der Waals surface area contributed by atoms with Crippen molar-refractivity contribution in [1.29, 1.82) is 0 Å². The molecule has 2 aromatic carbocycles. The van der Waals surface area contributed by atoms with Gasteiger partial charge in [-0.2, -0.15) is 4.31 Å². The lowest BCUT2D eigenvalue weighted by molar-refractivity contribution is 0.158. The summed E-state index contributed by atoms with van der Waals surface area (Å²) in [5.74, 6) is 0.392. The molecule has 1 aliphatic rings. The Balaban J connectivity index is 1.44. The highest BCUT2D eigenvalue weighted by Crippen LogP contribution is 2.15. The Hall–Kier alpha value is -1.96. The Morgan fingerprint density at radius 3 is 2.41 bits per heavy atom. The fourth-order valence-corrected chi connectivity index (χ4v) is 4.66. The molecule has 0 atom stereocenters. The lowest BCUT2D eigenvalue weighted by Crippen LogP contribution is -2.49. The number of nitrogens with zero attached hydrogens (tertiary/aromatic N) is 2. The first-order chi connectivity index (χ1) is 12.9. The average molecular weight is 392 g/mol. The highest BCUT2D eigenvalue weighted by atomic mass is 32.2. The van der Waals surface area contributed by atoms with E-state index in [4.69, 9.17) is 4.74 Å². The average Bonchev–Trinajstić information content (AvgIpc) is 2.63. The van der Waals surface area contributed by atoms with Gasteiger partial charge in [0.25, 0.3) is 0 Å². The van der Waals surface area contributed by atoms with Crippen LogP contribution in [0.1, 0.15) is 11.1 Å². The summed E-state index contributed by atoms with van der Waals surface area (Å²) in [6, 6.07) is 13.6. The van der Waals surface area contributed by atoms with E-state index < -0.39 is 10.0 Å². The molecule has 1 fully saturated rings. The van der Waals surface area contributed by atoms with Gasteiger partial charge in [0, 0.05) is 32.7 Å². The first-order valence-electron chi connectivity index (χ1n) is 9.06. The minimum Gasteiger partial charge on any atom is -0.492 e. The summed E-state index contributed by atoms with van der Waals surface area (Å²) in [6.45, 7) is 5.50. The number of rotatable bonds is 7. The van der Waals surface area contributed by atoms with E-state index in [-0.39, 0.29) is 11.6 Å². The molecule has 1 aliphatic heterocycles. The van der Waals surface area contributed by atoms with E-state index in [0.29, 0.717) is 45.1 Å². The molecule has 0 saturated carbocycles. The molecule has 146 valence electrons. The zero-order valence-electron chi connectivity index (χ0n) is 15.5. The normalized spacial score (nSPS) is 16.4. The van der Waals surface area contributed by atoms with Gasteiger partial charge >= 0.3 is 0 Å². The van der Waals surface area contributed by atoms with Crippen molar-refractivity contribution in [3.63, 3.8) is 0 Å². The summed E-state index contributed by atoms with van der Waals surface area (Å²) in [5.41, 5.74) is 1.89. The van der Waals surface area contributed by atoms with Crippen LogP contribution in [0.15, 0.2) is 48.5 Å². The number of benzene rings is 2. The number of ether oxygens (including phenoxy) is 1. The van der Waals surface area contributed by atoms with Crippen LogP contribution in [0.5, 0.6) is 5.75 Å². The Morgan fingerprint density at radius 2 is 1.74 bits per heavy atom. The number of aryl methyl sites for hydroxylation is 1. The van der Waals surface area contributed by atoms with Crippen LogP contribution in [0.25, 0.3) is 0 Å². The zero-order chi connectivity index (χ0) is 19.3. The van der Waals surface area contributed by atoms with E-state index in [1.165, 1.54) is 12.1 Å². The third-order valence-electron chi connectivity index (χ3n) is 4.65. The highest BCUT2D eigenvalue weighted by Gasteiger charge is 2.27. The third kappa shape index (κ3) is 5.76. The van der Waals surface area contributed by atoms with Crippen molar-refractivity contribution >= 4 is 10.0 Å². The van der Waals surface area contributed by atoms with Gasteiger partial charge in [-0.3, -0.25) is 4.90 Å². The predicted molar refractivity (Wildman–Crippen MR) is 104 cm³/mol. The Bertz CT molecular complexity index is 848. The van der Waals surface area contributed by atoms with Gasteiger partial charge in [-0.1, -0.05) is 29.8 Å². The maximum Gasteiger partial charge on any atom is 0.218 e. The maximum atomic E-state index is 12.9. The van der Waals surface area contributed by atoms with Gasteiger partial charge in [0.2, 0.25) is 10.0 Å². The monoisotopic (exact) mass is 392 g/mol. The van der Waals surface area contributed by atoms with Crippen LogP contribution in [0.3, 0.4) is 0 Å². The molecule has 0 amide bonds. The summed E-state index contributed by atoms with van der Waals surface area (Å²) in [4.78, 5) is 2.18. The summed E-state index contributed by atoms with van der Waals surface area (Å²) in [7, 11) is -3.30. The lowest BCUT2D eigenvalue weighted by Gasteiger charge is -2.33. The molecule has 0 N–H and O–H groups in total. The maximum absolute atomic E-state index is 12.9. The standard InChI is InChI=1S/C20H25FN2O3S/c1-17-3-2-4-18(15-17)16-27(24,25)23-11-9-22(10-12-23)13-14-26-20-7-5-19(21)6-8-20/h2-8,15H,9-14,16H2,1H3. The molecule has 3 rings (SSSR count). The van der Waals surface area contributed by atoms with Crippen molar-refractivity contribution < 1.29 is 17.5 Å². The van der Waals surface area contributed by atoms with Crippen molar-refractivity contribution in [2.75, 3.05) is 39.3 Å². The number of piperazine rings is 1. The molecule has 5 nitrogen and oxygen atoms in total. The second-order valence-corrected chi connectivity index (χ2v) is 8.76. The van der Waals surface area contributed by atoms with Crippen molar-refractivity contribution in [2.24, 2.45) is 0 Å². The van der Waals surface area contributed by atoms with Crippen LogP contribution in [0, 0.1) is 12.7 Å². The summed E-state index contributed by atoms with van der Waals surface area (Å²) in [5, 5.41) is 0. The van der Waals surface area contributed by atoms with E-state index in [2.05, 4.69) is 4.90 Å².